The fourth-order valence-corrected chi connectivity index (χ4v) is 14.3. The third-order valence-electron chi connectivity index (χ3n) is 19.3. The number of fused-ring (bicyclic) bond motifs is 4. The number of hydrogen-bond acceptors (Lipinski definition) is 2. The standard InChI is InChI=1S/C90H77BN2/c1-88(2,3)72-46-40-62(41-47-72)70-52-75(64-32-20-12-21-33-64)86(76(53-70)65-34-22-13-23-35-65)92-81-50-44-68(60-28-16-10-17-29-60)56-79(81)91-80-57-69(61-30-18-11-19-31-61)45-51-82(80)93(84-59-74(90(7,8)9)58-83(92)85(84)91)87-77(66-36-24-14-25-37-66)54-71(55-78(87)67-38-26-15-27-39-67)63-42-48-73(49-43-63)89(4,5)6/h10-59H,1-9H3. The minimum Gasteiger partial charge on any atom is -0.310 e. The fourth-order valence-electron chi connectivity index (χ4n) is 14.3. The van der Waals surface area contributed by atoms with Gasteiger partial charge in [0, 0.05) is 45.0 Å². The summed E-state index contributed by atoms with van der Waals surface area (Å²) in [5.41, 5.74) is 32.9. The van der Waals surface area contributed by atoms with Gasteiger partial charge < -0.3 is 9.80 Å². The van der Waals surface area contributed by atoms with Crippen molar-refractivity contribution in [2.75, 3.05) is 9.80 Å². The molecule has 93 heavy (non-hydrogen) atoms. The van der Waals surface area contributed by atoms with E-state index in [-0.39, 0.29) is 23.0 Å². The summed E-state index contributed by atoms with van der Waals surface area (Å²) in [6.07, 6.45) is 0. The third-order valence-corrected chi connectivity index (χ3v) is 19.3. The third kappa shape index (κ3) is 10.9. The molecule has 3 heteroatoms. The van der Waals surface area contributed by atoms with Crippen molar-refractivity contribution in [3.8, 4) is 89.0 Å². The Morgan fingerprint density at radius 3 is 0.753 bits per heavy atom. The zero-order valence-electron chi connectivity index (χ0n) is 54.8. The molecule has 0 aromatic heterocycles. The summed E-state index contributed by atoms with van der Waals surface area (Å²) in [6, 6.07) is 115. The van der Waals surface area contributed by atoms with Crippen molar-refractivity contribution >= 4 is 57.2 Å². The Hall–Kier alpha value is -10.5. The molecule has 2 nitrogen and oxygen atoms in total. The molecule has 0 spiro atoms. The molecule has 2 aliphatic rings. The van der Waals surface area contributed by atoms with Crippen molar-refractivity contribution in [1.29, 1.82) is 0 Å². The van der Waals surface area contributed by atoms with Crippen LogP contribution in [-0.4, -0.2) is 6.71 Å². The van der Waals surface area contributed by atoms with Crippen LogP contribution >= 0.6 is 0 Å². The molecule has 0 saturated heterocycles. The van der Waals surface area contributed by atoms with E-state index in [9.17, 15) is 0 Å². The normalized spacial score (nSPS) is 12.7. The molecule has 13 aromatic rings. The molecule has 0 atom stereocenters. The molecule has 0 fully saturated rings. The lowest BCUT2D eigenvalue weighted by molar-refractivity contribution is 0.590. The van der Waals surface area contributed by atoms with Gasteiger partial charge in [0.25, 0.3) is 6.71 Å². The van der Waals surface area contributed by atoms with Crippen molar-refractivity contribution in [2.45, 2.75) is 78.6 Å². The van der Waals surface area contributed by atoms with E-state index in [0.717, 1.165) is 78.6 Å². The van der Waals surface area contributed by atoms with E-state index >= 15 is 0 Å². The monoisotopic (exact) mass is 1200 g/mol. The average molecular weight is 1200 g/mol. The zero-order valence-corrected chi connectivity index (χ0v) is 54.8. The van der Waals surface area contributed by atoms with Crippen LogP contribution < -0.4 is 26.2 Å². The van der Waals surface area contributed by atoms with Gasteiger partial charge in [0.15, 0.2) is 0 Å². The summed E-state index contributed by atoms with van der Waals surface area (Å²) in [6.45, 7) is 20.7. The molecule has 0 aliphatic carbocycles. The van der Waals surface area contributed by atoms with Crippen LogP contribution in [0.2, 0.25) is 0 Å². The Morgan fingerprint density at radius 2 is 0.473 bits per heavy atom. The first-order chi connectivity index (χ1) is 45.0. The van der Waals surface area contributed by atoms with Gasteiger partial charge in [-0.15, -0.1) is 0 Å². The Labute approximate surface area is 551 Å². The van der Waals surface area contributed by atoms with E-state index in [1.807, 2.05) is 0 Å². The second-order valence-electron chi connectivity index (χ2n) is 28.5. The van der Waals surface area contributed by atoms with Crippen molar-refractivity contribution in [1.82, 2.24) is 0 Å². The molecule has 0 bridgehead atoms. The average Bonchev–Trinajstić information content (AvgIpc) is 0.688. The van der Waals surface area contributed by atoms with Gasteiger partial charge in [0.05, 0.1) is 11.4 Å². The number of hydrogen-bond donors (Lipinski definition) is 0. The number of nitrogens with zero attached hydrogens (tertiary/aromatic N) is 2. The molecule has 0 unspecified atom stereocenters. The summed E-state index contributed by atoms with van der Waals surface area (Å²) >= 11 is 0. The minimum absolute atomic E-state index is 0.0151. The highest BCUT2D eigenvalue weighted by Gasteiger charge is 2.46. The van der Waals surface area contributed by atoms with E-state index < -0.39 is 0 Å². The maximum atomic E-state index is 2.69. The molecule has 2 heterocycles. The molecular formula is C90H77BN2. The first kappa shape index (κ1) is 58.9. The van der Waals surface area contributed by atoms with E-state index in [4.69, 9.17) is 0 Å². The van der Waals surface area contributed by atoms with Crippen molar-refractivity contribution < 1.29 is 0 Å². The highest BCUT2D eigenvalue weighted by molar-refractivity contribution is 7.00. The smallest absolute Gasteiger partial charge is 0.252 e. The number of benzene rings is 13. The van der Waals surface area contributed by atoms with Gasteiger partial charge in [-0.3, -0.25) is 0 Å². The predicted molar refractivity (Wildman–Crippen MR) is 400 cm³/mol. The Morgan fingerprint density at radius 1 is 0.215 bits per heavy atom. The van der Waals surface area contributed by atoms with Gasteiger partial charge in [0.2, 0.25) is 0 Å². The summed E-state index contributed by atoms with van der Waals surface area (Å²) in [7, 11) is 0. The first-order valence-electron chi connectivity index (χ1n) is 33.0. The van der Waals surface area contributed by atoms with E-state index in [0.29, 0.717) is 0 Å². The molecule has 2 aliphatic heterocycles. The topological polar surface area (TPSA) is 6.48 Å². The number of rotatable bonds is 10. The highest BCUT2D eigenvalue weighted by atomic mass is 15.2. The molecule has 0 radical (unpaired) electrons. The van der Waals surface area contributed by atoms with Crippen molar-refractivity contribution in [2.24, 2.45) is 0 Å². The Balaban J connectivity index is 1.11. The van der Waals surface area contributed by atoms with Crippen LogP contribution in [0.3, 0.4) is 0 Å². The molecule has 450 valence electrons. The molecule has 15 rings (SSSR count). The quantitative estimate of drug-likeness (QED) is 0.126. The SMILES string of the molecule is CC(C)(C)c1ccc(-c2cc(-c3ccccc3)c(N3c4ccc(-c5ccccc5)cc4B4c5cc(-c6ccccc6)ccc5N(c5c(-c6ccccc6)cc(-c6ccc(C(C)(C)C)cc6)cc5-c5ccccc5)c5cc(C(C)(C)C)cc3c54)c(-c3ccccc3)c2)cc1. The second kappa shape index (κ2) is 23.3. The highest BCUT2D eigenvalue weighted by Crippen LogP contribution is 2.55. The zero-order chi connectivity index (χ0) is 63.8. The Kier molecular flexibility index (Phi) is 14.8. The van der Waals surface area contributed by atoms with Crippen LogP contribution in [0, 0.1) is 0 Å². The van der Waals surface area contributed by atoms with E-state index in [2.05, 4.69) is 375 Å². The lowest BCUT2D eigenvalue weighted by Crippen LogP contribution is -2.61. The van der Waals surface area contributed by atoms with Gasteiger partial charge in [-0.2, -0.15) is 0 Å². The van der Waals surface area contributed by atoms with Crippen LogP contribution in [0.4, 0.5) is 34.1 Å². The maximum Gasteiger partial charge on any atom is 0.252 e. The minimum atomic E-state index is -0.283. The van der Waals surface area contributed by atoms with Crippen LogP contribution in [0.25, 0.3) is 89.0 Å². The number of anilines is 6. The van der Waals surface area contributed by atoms with Crippen molar-refractivity contribution in [3.05, 3.63) is 320 Å². The molecule has 13 aromatic carbocycles. The lowest BCUT2D eigenvalue weighted by atomic mass is 9.33. The van der Waals surface area contributed by atoms with Crippen LogP contribution in [-0.2, 0) is 16.2 Å². The van der Waals surface area contributed by atoms with Crippen LogP contribution in [0.1, 0.15) is 79.0 Å². The predicted octanol–water partition coefficient (Wildman–Crippen LogP) is 23.0. The molecule has 0 N–H and O–H groups in total. The van der Waals surface area contributed by atoms with Gasteiger partial charge in [-0.1, -0.05) is 317 Å². The lowest BCUT2D eigenvalue weighted by Gasteiger charge is -2.46. The van der Waals surface area contributed by atoms with Gasteiger partial charge in [-0.05, 0) is 165 Å². The Bertz CT molecular complexity index is 4480. The maximum absolute atomic E-state index is 2.69. The molecular weight excluding hydrogens is 1120 g/mol. The summed E-state index contributed by atoms with van der Waals surface area (Å²) in [4.78, 5) is 5.38. The fraction of sp³-hybridized carbons (Fsp3) is 0.133. The van der Waals surface area contributed by atoms with E-state index in [1.165, 1.54) is 77.6 Å². The second-order valence-corrected chi connectivity index (χ2v) is 28.5. The van der Waals surface area contributed by atoms with Crippen LogP contribution in [0.5, 0.6) is 0 Å². The molecule has 0 saturated carbocycles. The van der Waals surface area contributed by atoms with Gasteiger partial charge in [-0.25, -0.2) is 0 Å². The summed E-state index contributed by atoms with van der Waals surface area (Å²) < 4.78 is 0. The molecule has 0 amide bonds. The largest absolute Gasteiger partial charge is 0.310 e. The van der Waals surface area contributed by atoms with Crippen molar-refractivity contribution in [3.63, 3.8) is 0 Å². The van der Waals surface area contributed by atoms with Gasteiger partial charge >= 0.3 is 0 Å². The van der Waals surface area contributed by atoms with Gasteiger partial charge in [0.1, 0.15) is 0 Å². The summed E-state index contributed by atoms with van der Waals surface area (Å²) in [5.74, 6) is 0. The van der Waals surface area contributed by atoms with E-state index in [1.54, 1.807) is 0 Å². The van der Waals surface area contributed by atoms with Crippen LogP contribution in [0.15, 0.2) is 303 Å². The summed E-state index contributed by atoms with van der Waals surface area (Å²) in [5, 5.41) is 0. The first-order valence-corrected chi connectivity index (χ1v) is 33.0.